The molecule has 9 rings (SSSR count). The van der Waals surface area contributed by atoms with Crippen LogP contribution < -0.4 is 35.4 Å². The van der Waals surface area contributed by atoms with E-state index in [1.165, 1.54) is 22.1 Å². The number of nitrogens with zero attached hydrogens (tertiary/aromatic N) is 7. The lowest BCUT2D eigenvalue weighted by molar-refractivity contribution is -0.121. The van der Waals surface area contributed by atoms with Crippen LogP contribution in [0.2, 0.25) is 0 Å². The number of fused-ring (bicyclic) bond motifs is 5. The van der Waals surface area contributed by atoms with Gasteiger partial charge in [-0.25, -0.2) is 28.7 Å². The van der Waals surface area contributed by atoms with Crippen LogP contribution in [0.3, 0.4) is 0 Å². The maximum atomic E-state index is 14.8. The molecule has 5 atom stereocenters. The molecule has 0 radical (unpaired) electrons. The lowest BCUT2D eigenvalue weighted by atomic mass is 9.83. The number of carbonyl (C=O) groups excluding carboxylic acids is 2. The Morgan fingerprint density at radius 2 is 1.51 bits per heavy atom. The SMILES string of the molecule is CCN1c2cc3c(cc2C(CS(=O)(=O)O)=CC1(C)C)C(c1ccccc1C(=O)N(C)CCCC(=O)NCCCCCCNc1ncnc2c1ncn2[C@@H]1O[C@H](COP(=O)(O)OP(=O)(O)O)[C@@H](O)[C@H]1O)=c1cc2c(cc1O3)=[N+](CC)C(C)(C)C=C2CS(=O)(=O)O. The van der Waals surface area contributed by atoms with Crippen molar-refractivity contribution in [2.45, 2.75) is 116 Å². The second-order valence-corrected chi connectivity index (χ2v) is 29.0. The molecule has 2 amide bonds. The van der Waals surface area contributed by atoms with Crippen molar-refractivity contribution in [2.75, 3.05) is 68.1 Å². The average Bonchev–Trinajstić information content (AvgIpc) is 1.39. The van der Waals surface area contributed by atoms with Crippen LogP contribution in [-0.4, -0.2) is 174 Å². The largest absolute Gasteiger partial charge is 0.481 e. The minimum atomic E-state index is -5.40. The molecule has 1 fully saturated rings. The van der Waals surface area contributed by atoms with Gasteiger partial charge in [0, 0.05) is 92.7 Å². The number of nitrogens with one attached hydrogen (secondary N) is 2. The topological polar surface area (TPSA) is 392 Å². The van der Waals surface area contributed by atoms with Gasteiger partial charge in [0.1, 0.15) is 54.2 Å². The fourth-order valence-corrected chi connectivity index (χ4v) is 15.0. The minimum absolute atomic E-state index is 0.138. The molecule has 4 aliphatic heterocycles. The summed E-state index contributed by atoms with van der Waals surface area (Å²) in [5.41, 5.74) is 3.41. The van der Waals surface area contributed by atoms with Gasteiger partial charge in [0.25, 0.3) is 26.1 Å². The van der Waals surface area contributed by atoms with Gasteiger partial charge in [-0.2, -0.15) is 21.1 Å². The number of imidazole rings is 1. The summed E-state index contributed by atoms with van der Waals surface area (Å²) < 4.78 is 118. The van der Waals surface area contributed by atoms with E-state index in [0.29, 0.717) is 123 Å². The normalized spacial score (nSPS) is 20.1. The number of phosphoric ester groups is 1. The predicted octanol–water partition coefficient (Wildman–Crippen LogP) is 4.13. The molecule has 1 unspecified atom stereocenters. The lowest BCUT2D eigenvalue weighted by Crippen LogP contribution is -2.50. The van der Waals surface area contributed by atoms with Gasteiger partial charge in [-0.1, -0.05) is 37.1 Å². The van der Waals surface area contributed by atoms with Gasteiger partial charge in [-0.3, -0.25) is 27.8 Å². The van der Waals surface area contributed by atoms with E-state index in [1.54, 1.807) is 31.3 Å². The van der Waals surface area contributed by atoms with Crippen molar-refractivity contribution in [2.24, 2.45) is 0 Å². The number of carbonyl (C=O) groups is 2. The third-order valence-electron chi connectivity index (χ3n) is 16.0. The highest BCUT2D eigenvalue weighted by molar-refractivity contribution is 7.86. The Bertz CT molecular complexity index is 4140. The highest BCUT2D eigenvalue weighted by Crippen LogP contribution is 2.58. The molecule has 28 nitrogen and oxygen atoms in total. The van der Waals surface area contributed by atoms with E-state index in [4.69, 9.17) is 19.3 Å². The third kappa shape index (κ3) is 15.2. The van der Waals surface area contributed by atoms with E-state index in [9.17, 15) is 59.8 Å². The zero-order chi connectivity index (χ0) is 64.8. The average molecular weight is 1320 g/mol. The van der Waals surface area contributed by atoms with Gasteiger partial charge >= 0.3 is 15.6 Å². The van der Waals surface area contributed by atoms with Gasteiger partial charge < -0.3 is 54.8 Å². The summed E-state index contributed by atoms with van der Waals surface area (Å²) in [6.45, 7) is 13.1. The summed E-state index contributed by atoms with van der Waals surface area (Å²) in [6, 6.07) is 14.3. The molecular formula is C57H74N9O19P2S2+. The first-order chi connectivity index (χ1) is 41.7. The fraction of sp³-hybridized carbons (Fsp3) is 0.474. The first kappa shape index (κ1) is 67.1. The highest BCUT2D eigenvalue weighted by Gasteiger charge is 2.46. The number of hydrogen-bond acceptors (Lipinski definition) is 19. The number of aliphatic hydroxyl groups is 2. The van der Waals surface area contributed by atoms with Gasteiger partial charge in [-0.05, 0) is 87.9 Å². The summed E-state index contributed by atoms with van der Waals surface area (Å²) in [5, 5.41) is 28.7. The quantitative estimate of drug-likeness (QED) is 0.0159. The number of likely N-dealkylation sites (N-methyl/N-ethyl adjacent to an activating group) is 2. The molecule has 6 heterocycles. The van der Waals surface area contributed by atoms with Crippen LogP contribution in [0.4, 0.5) is 11.5 Å². The van der Waals surface area contributed by atoms with Crippen molar-refractivity contribution in [3.8, 4) is 11.5 Å². The van der Waals surface area contributed by atoms with E-state index in [0.717, 1.165) is 19.3 Å². The summed E-state index contributed by atoms with van der Waals surface area (Å²) in [6.07, 6.45) is 3.69. The number of aliphatic hydroxyl groups excluding tert-OH is 2. The van der Waals surface area contributed by atoms with Crippen LogP contribution in [0.5, 0.6) is 11.5 Å². The molecule has 482 valence electrons. The third-order valence-corrected chi connectivity index (χ3v) is 19.5. The zero-order valence-corrected chi connectivity index (χ0v) is 53.4. The number of benzene rings is 3. The Kier molecular flexibility index (Phi) is 19.7. The number of ether oxygens (including phenoxy) is 2. The molecule has 0 aliphatic carbocycles. The smallest absolute Gasteiger partial charge is 0.456 e. The van der Waals surface area contributed by atoms with E-state index >= 15 is 0 Å². The second kappa shape index (κ2) is 26.1. The molecule has 2 aromatic heterocycles. The van der Waals surface area contributed by atoms with E-state index < -0.39 is 89.6 Å². The molecule has 0 spiro atoms. The fourth-order valence-electron chi connectivity index (χ4n) is 12.2. The summed E-state index contributed by atoms with van der Waals surface area (Å²) in [4.78, 5) is 71.7. The van der Waals surface area contributed by atoms with Crippen molar-refractivity contribution in [3.63, 3.8) is 0 Å². The van der Waals surface area contributed by atoms with Crippen LogP contribution in [0.1, 0.15) is 119 Å². The molecule has 32 heteroatoms. The number of anilines is 2. The maximum Gasteiger partial charge on any atom is 0.481 e. The number of unbranched alkanes of at least 4 members (excludes halogenated alkanes) is 3. The van der Waals surface area contributed by atoms with E-state index in [2.05, 4.69) is 43.9 Å². The Balaban J connectivity index is 0.847. The molecule has 4 aliphatic rings. The summed E-state index contributed by atoms with van der Waals surface area (Å²) in [5.74, 6) is -0.700. The van der Waals surface area contributed by atoms with Crippen LogP contribution in [0.25, 0.3) is 27.9 Å². The van der Waals surface area contributed by atoms with E-state index in [1.807, 2.05) is 78.0 Å². The van der Waals surface area contributed by atoms with Gasteiger partial charge in [0.15, 0.2) is 28.7 Å². The van der Waals surface area contributed by atoms with Crippen molar-refractivity contribution >= 4 is 87.1 Å². The molecule has 3 aromatic carbocycles. The number of rotatable bonds is 26. The van der Waals surface area contributed by atoms with E-state index in [-0.39, 0.29) is 30.4 Å². The van der Waals surface area contributed by atoms with Crippen molar-refractivity contribution in [1.82, 2.24) is 34.3 Å². The van der Waals surface area contributed by atoms with Crippen LogP contribution in [0, 0.1) is 0 Å². The Labute approximate surface area is 514 Å². The number of phosphoric acid groups is 2. The molecule has 89 heavy (non-hydrogen) atoms. The van der Waals surface area contributed by atoms with Crippen molar-refractivity contribution in [3.05, 3.63) is 112 Å². The predicted molar refractivity (Wildman–Crippen MR) is 328 cm³/mol. The van der Waals surface area contributed by atoms with Gasteiger partial charge in [0.05, 0.1) is 30.1 Å². The monoisotopic (exact) mass is 1310 g/mol. The number of aromatic nitrogens is 4. The number of amides is 2. The molecular weight excluding hydrogens is 1240 g/mol. The molecule has 1 saturated heterocycles. The minimum Gasteiger partial charge on any atom is -0.456 e. The van der Waals surface area contributed by atoms with Crippen LogP contribution >= 0.6 is 15.6 Å². The van der Waals surface area contributed by atoms with Gasteiger partial charge in [0.2, 0.25) is 11.3 Å². The van der Waals surface area contributed by atoms with Gasteiger partial charge in [-0.15, -0.1) is 0 Å². The second-order valence-electron chi connectivity index (χ2n) is 23.3. The maximum absolute atomic E-state index is 14.8. The first-order valence-electron chi connectivity index (χ1n) is 28.8. The van der Waals surface area contributed by atoms with Crippen LogP contribution in [-0.2, 0) is 47.7 Å². The first-order valence-corrected chi connectivity index (χ1v) is 35.0. The molecule has 9 N–H and O–H groups in total. The Morgan fingerprint density at radius 1 is 0.820 bits per heavy atom. The lowest BCUT2D eigenvalue weighted by Gasteiger charge is -2.43. The van der Waals surface area contributed by atoms with Crippen LogP contribution in [0.15, 0.2) is 73.3 Å². The summed E-state index contributed by atoms with van der Waals surface area (Å²) in [7, 11) is -18.0. The van der Waals surface area contributed by atoms with Crippen molar-refractivity contribution < 1.29 is 87.9 Å². The molecule has 0 saturated carbocycles. The Hall–Kier alpha value is -6.34. The zero-order valence-electron chi connectivity index (χ0n) is 50.0. The number of hydrogen-bond donors (Lipinski definition) is 9. The van der Waals surface area contributed by atoms with Crippen molar-refractivity contribution in [1.29, 1.82) is 0 Å². The molecule has 0 bridgehead atoms. The molecule has 5 aromatic rings. The summed E-state index contributed by atoms with van der Waals surface area (Å²) >= 11 is 0. The Morgan fingerprint density at radius 3 is 2.18 bits per heavy atom. The standard InChI is InChI=1S/C57H73N9O19P2S2/c1-8-65-42-25-44-40(23-38(42)34(27-56(65,3)4)30-88(76,77)78)48(41-24-39-35(31-89(79,80)81)28-57(5,6)66(9-2)43(39)26-45(41)83-44)36-17-12-13-18-37(36)54(70)63(7)22-16-19-47(67)58-20-14-10-11-15-21-59-52-49-53(61-32-60-52)64(33-62-49)55-51(69)50(68)46(84-55)29-82-87(74,75)85-86(71,72)73/h12-13,17-18,23-28,32-33,46,50-51,55,68-69H,8-11,14-16,19-22,29-31H2,1-7H3,(H6-,58,59,60,61,67,71,72,73,74,75,76,77,78,79,80,81)/p+1/t46-,50-,51-,55-/m1/s1. The highest BCUT2D eigenvalue weighted by atomic mass is 32.2.